The summed E-state index contributed by atoms with van der Waals surface area (Å²) in [5.74, 6) is 0.249. The standard InChI is InChI=1S/C32H38N4O4/c1-32(2,3)29-21-27(36(34-29)22-23-9-5-4-6-10-23)30(37)31(38)33-26-13-14-28(25-12-8-7-11-24(25)26)40-20-17-35-15-18-39-19-16-35/h4-14,21,30,37H,15-20,22H2,1-3H3,(H,33,38). The van der Waals surface area contributed by atoms with Crippen LogP contribution < -0.4 is 10.1 Å². The van der Waals surface area contributed by atoms with Gasteiger partial charge in [-0.05, 0) is 23.8 Å². The molecular formula is C32H38N4O4. The number of rotatable bonds is 9. The van der Waals surface area contributed by atoms with Crippen LogP contribution in [0.2, 0.25) is 0 Å². The number of amides is 1. The Morgan fingerprint density at radius 2 is 1.73 bits per heavy atom. The topological polar surface area (TPSA) is 88.9 Å². The van der Waals surface area contributed by atoms with Crippen LogP contribution in [0.15, 0.2) is 72.8 Å². The Kier molecular flexibility index (Phi) is 8.49. The van der Waals surface area contributed by atoms with E-state index in [2.05, 4.69) is 31.0 Å². The van der Waals surface area contributed by atoms with Crippen molar-refractivity contribution >= 4 is 22.4 Å². The highest BCUT2D eigenvalue weighted by Gasteiger charge is 2.27. The van der Waals surface area contributed by atoms with Crippen LogP contribution in [0.3, 0.4) is 0 Å². The summed E-state index contributed by atoms with van der Waals surface area (Å²) in [5, 5.41) is 20.7. The van der Waals surface area contributed by atoms with Gasteiger partial charge in [0.2, 0.25) is 0 Å². The molecule has 5 rings (SSSR count). The molecule has 4 aromatic rings. The van der Waals surface area contributed by atoms with Gasteiger partial charge in [-0.15, -0.1) is 0 Å². The third-order valence-electron chi connectivity index (χ3n) is 7.19. The number of aliphatic hydroxyl groups is 1. The maximum Gasteiger partial charge on any atom is 0.259 e. The smallest absolute Gasteiger partial charge is 0.259 e. The minimum absolute atomic E-state index is 0.235. The zero-order valence-electron chi connectivity index (χ0n) is 23.5. The number of hydrogen-bond donors (Lipinski definition) is 2. The summed E-state index contributed by atoms with van der Waals surface area (Å²) in [6.07, 6.45) is -1.39. The van der Waals surface area contributed by atoms with Crippen LogP contribution in [0.4, 0.5) is 5.69 Å². The highest BCUT2D eigenvalue weighted by atomic mass is 16.5. The van der Waals surface area contributed by atoms with Gasteiger partial charge in [0.25, 0.3) is 5.91 Å². The molecule has 0 saturated carbocycles. The van der Waals surface area contributed by atoms with Crippen molar-refractivity contribution in [2.75, 3.05) is 44.8 Å². The van der Waals surface area contributed by atoms with E-state index in [0.717, 1.165) is 60.6 Å². The van der Waals surface area contributed by atoms with E-state index in [9.17, 15) is 9.90 Å². The summed E-state index contributed by atoms with van der Waals surface area (Å²) < 4.78 is 13.3. The van der Waals surface area contributed by atoms with Crippen molar-refractivity contribution < 1.29 is 19.4 Å². The largest absolute Gasteiger partial charge is 0.492 e. The van der Waals surface area contributed by atoms with Gasteiger partial charge in [-0.1, -0.05) is 75.4 Å². The molecule has 210 valence electrons. The monoisotopic (exact) mass is 542 g/mol. The minimum atomic E-state index is -1.39. The molecule has 1 amide bonds. The van der Waals surface area contributed by atoms with E-state index < -0.39 is 12.0 Å². The number of anilines is 1. The molecule has 8 heteroatoms. The van der Waals surface area contributed by atoms with E-state index in [1.165, 1.54) is 0 Å². The first-order valence-corrected chi connectivity index (χ1v) is 13.9. The fourth-order valence-electron chi connectivity index (χ4n) is 4.85. The van der Waals surface area contributed by atoms with Crippen LogP contribution in [-0.4, -0.2) is 65.1 Å². The van der Waals surface area contributed by atoms with Crippen molar-refractivity contribution in [3.63, 3.8) is 0 Å². The van der Waals surface area contributed by atoms with E-state index >= 15 is 0 Å². The van der Waals surface area contributed by atoms with E-state index in [-0.39, 0.29) is 5.41 Å². The second-order valence-electron chi connectivity index (χ2n) is 11.2. The number of benzene rings is 3. The van der Waals surface area contributed by atoms with Gasteiger partial charge in [0.05, 0.1) is 31.1 Å². The Morgan fingerprint density at radius 3 is 2.45 bits per heavy atom. The fourth-order valence-corrected chi connectivity index (χ4v) is 4.85. The molecule has 0 aliphatic carbocycles. The summed E-state index contributed by atoms with van der Waals surface area (Å²) in [4.78, 5) is 15.7. The molecular weight excluding hydrogens is 504 g/mol. The molecule has 2 N–H and O–H groups in total. The lowest BCUT2D eigenvalue weighted by Crippen LogP contribution is -2.38. The molecule has 1 unspecified atom stereocenters. The second-order valence-corrected chi connectivity index (χ2v) is 11.2. The van der Waals surface area contributed by atoms with Crippen LogP contribution in [0.1, 0.15) is 43.8 Å². The molecule has 40 heavy (non-hydrogen) atoms. The van der Waals surface area contributed by atoms with Crippen molar-refractivity contribution in [1.82, 2.24) is 14.7 Å². The van der Waals surface area contributed by atoms with Crippen molar-refractivity contribution in [3.8, 4) is 5.75 Å². The number of morpholine rings is 1. The first kappa shape index (κ1) is 27.8. The Balaban J connectivity index is 1.34. The zero-order valence-corrected chi connectivity index (χ0v) is 23.5. The Morgan fingerprint density at radius 1 is 1.02 bits per heavy atom. The van der Waals surface area contributed by atoms with E-state index in [1.807, 2.05) is 72.8 Å². The Bertz CT molecular complexity index is 1440. The van der Waals surface area contributed by atoms with E-state index in [1.54, 1.807) is 4.68 Å². The molecule has 8 nitrogen and oxygen atoms in total. The molecule has 1 aliphatic heterocycles. The number of carbonyl (C=O) groups is 1. The highest BCUT2D eigenvalue weighted by molar-refractivity contribution is 6.05. The van der Waals surface area contributed by atoms with E-state index in [0.29, 0.717) is 24.5 Å². The van der Waals surface area contributed by atoms with Crippen molar-refractivity contribution in [2.45, 2.75) is 38.8 Å². The predicted molar refractivity (Wildman–Crippen MR) is 157 cm³/mol. The van der Waals surface area contributed by atoms with Gasteiger partial charge in [0.1, 0.15) is 12.4 Å². The maximum absolute atomic E-state index is 13.4. The van der Waals surface area contributed by atoms with Gasteiger partial charge >= 0.3 is 0 Å². The van der Waals surface area contributed by atoms with Crippen molar-refractivity contribution in [1.29, 1.82) is 0 Å². The van der Waals surface area contributed by atoms with Crippen molar-refractivity contribution in [2.24, 2.45) is 0 Å². The molecule has 0 radical (unpaired) electrons. The maximum atomic E-state index is 13.4. The second kappa shape index (κ2) is 12.2. The molecule has 1 fully saturated rings. The summed E-state index contributed by atoms with van der Waals surface area (Å²) in [6, 6.07) is 23.2. The first-order valence-electron chi connectivity index (χ1n) is 13.9. The van der Waals surface area contributed by atoms with Crippen molar-refractivity contribution in [3.05, 3.63) is 89.7 Å². The molecule has 1 aromatic heterocycles. The summed E-state index contributed by atoms with van der Waals surface area (Å²) in [7, 11) is 0. The molecule has 0 spiro atoms. The number of aromatic nitrogens is 2. The quantitative estimate of drug-likeness (QED) is 0.317. The zero-order chi connectivity index (χ0) is 28.1. The number of carbonyl (C=O) groups excluding carboxylic acids is 1. The molecule has 1 saturated heterocycles. The van der Waals surface area contributed by atoms with Crippen LogP contribution in [0.25, 0.3) is 10.8 Å². The van der Waals surface area contributed by atoms with E-state index in [4.69, 9.17) is 14.6 Å². The number of fused-ring (bicyclic) bond motifs is 1. The average molecular weight is 543 g/mol. The van der Waals surface area contributed by atoms with Crippen LogP contribution in [0, 0.1) is 0 Å². The number of nitrogens with zero attached hydrogens (tertiary/aromatic N) is 3. The van der Waals surface area contributed by atoms with Gasteiger partial charge in [-0.25, -0.2) is 0 Å². The van der Waals surface area contributed by atoms with Gasteiger partial charge in [-0.3, -0.25) is 14.4 Å². The highest BCUT2D eigenvalue weighted by Crippen LogP contribution is 2.33. The summed E-state index contributed by atoms with van der Waals surface area (Å²) >= 11 is 0. The average Bonchev–Trinajstić information content (AvgIpc) is 3.39. The molecule has 3 aromatic carbocycles. The van der Waals surface area contributed by atoms with Gasteiger partial charge in [-0.2, -0.15) is 5.10 Å². The Labute approximate surface area is 235 Å². The minimum Gasteiger partial charge on any atom is -0.492 e. The molecule has 1 aliphatic rings. The third kappa shape index (κ3) is 6.53. The summed E-state index contributed by atoms with van der Waals surface area (Å²) in [6.45, 7) is 11.4. The number of hydrogen-bond acceptors (Lipinski definition) is 6. The van der Waals surface area contributed by atoms with Crippen LogP contribution in [-0.2, 0) is 21.5 Å². The third-order valence-corrected chi connectivity index (χ3v) is 7.19. The SMILES string of the molecule is CC(C)(C)c1cc(C(O)C(=O)Nc2ccc(OCCN3CCOCC3)c3ccccc23)n(Cc2ccccc2)n1. The van der Waals surface area contributed by atoms with Gasteiger partial charge in [0, 0.05) is 41.5 Å². The molecule has 1 atom stereocenters. The number of aliphatic hydroxyl groups excluding tert-OH is 1. The number of ether oxygens (including phenoxy) is 2. The lowest BCUT2D eigenvalue weighted by molar-refractivity contribution is -0.124. The molecule has 2 heterocycles. The van der Waals surface area contributed by atoms with Crippen LogP contribution in [0.5, 0.6) is 5.75 Å². The van der Waals surface area contributed by atoms with Crippen LogP contribution >= 0.6 is 0 Å². The molecule has 0 bridgehead atoms. The predicted octanol–water partition coefficient (Wildman–Crippen LogP) is 4.77. The number of nitrogens with one attached hydrogen (secondary N) is 1. The van der Waals surface area contributed by atoms with Gasteiger partial charge < -0.3 is 19.9 Å². The lowest BCUT2D eigenvalue weighted by Gasteiger charge is -2.26. The lowest BCUT2D eigenvalue weighted by atomic mass is 9.92. The normalized spacial score (nSPS) is 15.2. The Hall–Kier alpha value is -3.72. The fraction of sp³-hybridized carbons (Fsp3) is 0.375. The van der Waals surface area contributed by atoms with Gasteiger partial charge in [0.15, 0.2) is 6.10 Å². The first-order chi connectivity index (χ1) is 19.3. The summed E-state index contributed by atoms with van der Waals surface area (Å²) in [5.41, 5.74) is 2.69.